The average Bonchev–Trinajstić information content (AvgIpc) is 2.32. The monoisotopic (exact) mass is 268 g/mol. The third kappa shape index (κ3) is 4.77. The summed E-state index contributed by atoms with van der Waals surface area (Å²) in [4.78, 5) is 22.1. The fourth-order valence-corrected chi connectivity index (χ4v) is 2.02. The Morgan fingerprint density at radius 2 is 2.11 bits per heavy atom. The summed E-state index contributed by atoms with van der Waals surface area (Å²) in [5.74, 6) is -0.806. The summed E-state index contributed by atoms with van der Waals surface area (Å²) in [6.07, 6.45) is 0. The van der Waals surface area contributed by atoms with Gasteiger partial charge in [0.05, 0.1) is 5.75 Å². The lowest BCUT2D eigenvalue weighted by atomic mass is 10.2. The fourth-order valence-electron chi connectivity index (χ4n) is 1.25. The van der Waals surface area contributed by atoms with Gasteiger partial charge in [-0.1, -0.05) is 18.2 Å². The highest BCUT2D eigenvalue weighted by atomic mass is 32.2. The summed E-state index contributed by atoms with van der Waals surface area (Å²) < 4.78 is 0. The number of thioether (sulfide) groups is 1. The van der Waals surface area contributed by atoms with Crippen molar-refractivity contribution < 1.29 is 14.7 Å². The standard InChI is InChI=1S/C12H16N2O3S/c1-8-4-2-3-5-10(8)14-11(15)7-18-6-9(13)12(16)17/h2-5,9H,6-7,13H2,1H3,(H,14,15)(H,16,17). The first kappa shape index (κ1) is 14.5. The molecule has 0 aliphatic carbocycles. The molecule has 0 heterocycles. The molecule has 18 heavy (non-hydrogen) atoms. The summed E-state index contributed by atoms with van der Waals surface area (Å²) in [7, 11) is 0. The Hall–Kier alpha value is -1.53. The zero-order chi connectivity index (χ0) is 13.5. The number of carboxylic acid groups (broad SMARTS) is 1. The van der Waals surface area contributed by atoms with E-state index in [1.165, 1.54) is 11.8 Å². The van der Waals surface area contributed by atoms with Crippen LogP contribution in [0.15, 0.2) is 24.3 Å². The number of nitrogens with one attached hydrogen (secondary N) is 1. The summed E-state index contributed by atoms with van der Waals surface area (Å²) in [6.45, 7) is 1.91. The number of carbonyl (C=O) groups excluding carboxylic acids is 1. The second-order valence-corrected chi connectivity index (χ2v) is 4.85. The summed E-state index contributed by atoms with van der Waals surface area (Å²) in [5, 5.41) is 11.3. The molecular formula is C12H16N2O3S. The van der Waals surface area contributed by atoms with Crippen molar-refractivity contribution >= 4 is 29.3 Å². The number of benzene rings is 1. The Balaban J connectivity index is 2.35. The van der Waals surface area contributed by atoms with Gasteiger partial charge >= 0.3 is 5.97 Å². The van der Waals surface area contributed by atoms with Gasteiger partial charge in [0.1, 0.15) is 6.04 Å². The summed E-state index contributed by atoms with van der Waals surface area (Å²) in [6, 6.07) is 6.53. The second kappa shape index (κ2) is 7.03. The van der Waals surface area contributed by atoms with Crippen LogP contribution in [0.5, 0.6) is 0 Å². The molecule has 1 aromatic carbocycles. The van der Waals surface area contributed by atoms with Crippen molar-refractivity contribution in [1.29, 1.82) is 0 Å². The number of carboxylic acids is 1. The van der Waals surface area contributed by atoms with Crippen molar-refractivity contribution in [2.24, 2.45) is 5.73 Å². The van der Waals surface area contributed by atoms with Crippen LogP contribution in [0.4, 0.5) is 5.69 Å². The Morgan fingerprint density at radius 1 is 1.44 bits per heavy atom. The summed E-state index contributed by atoms with van der Waals surface area (Å²) in [5.41, 5.74) is 7.08. The van der Waals surface area contributed by atoms with Crippen LogP contribution >= 0.6 is 11.8 Å². The van der Waals surface area contributed by atoms with E-state index in [1.54, 1.807) is 0 Å². The fraction of sp³-hybridized carbons (Fsp3) is 0.333. The van der Waals surface area contributed by atoms with Crippen LogP contribution in [0.1, 0.15) is 5.56 Å². The van der Waals surface area contributed by atoms with E-state index in [0.717, 1.165) is 11.3 Å². The molecule has 6 heteroatoms. The number of hydrogen-bond donors (Lipinski definition) is 3. The van der Waals surface area contributed by atoms with Crippen LogP contribution in [0.3, 0.4) is 0 Å². The van der Waals surface area contributed by atoms with E-state index >= 15 is 0 Å². The lowest BCUT2D eigenvalue weighted by Gasteiger charge is -2.08. The van der Waals surface area contributed by atoms with Crippen LogP contribution < -0.4 is 11.1 Å². The molecule has 98 valence electrons. The molecule has 1 aromatic rings. The SMILES string of the molecule is Cc1ccccc1NC(=O)CSCC(N)C(=O)O. The minimum Gasteiger partial charge on any atom is -0.480 e. The molecule has 5 nitrogen and oxygen atoms in total. The number of amides is 1. The van der Waals surface area contributed by atoms with E-state index in [2.05, 4.69) is 5.32 Å². The lowest BCUT2D eigenvalue weighted by molar-refractivity contribution is -0.137. The van der Waals surface area contributed by atoms with Gasteiger partial charge in [-0.05, 0) is 18.6 Å². The maximum atomic E-state index is 11.6. The van der Waals surface area contributed by atoms with Crippen LogP contribution in [0.2, 0.25) is 0 Å². The Morgan fingerprint density at radius 3 is 2.72 bits per heavy atom. The predicted molar refractivity (Wildman–Crippen MR) is 72.7 cm³/mol. The van der Waals surface area contributed by atoms with Crippen LogP contribution in [-0.2, 0) is 9.59 Å². The zero-order valence-electron chi connectivity index (χ0n) is 10.1. The van der Waals surface area contributed by atoms with Gasteiger partial charge in [-0.2, -0.15) is 0 Å². The number of carbonyl (C=O) groups is 2. The van der Waals surface area contributed by atoms with E-state index in [0.29, 0.717) is 0 Å². The molecule has 1 unspecified atom stereocenters. The van der Waals surface area contributed by atoms with Gasteiger partial charge in [-0.15, -0.1) is 11.8 Å². The van der Waals surface area contributed by atoms with Gasteiger partial charge < -0.3 is 16.2 Å². The van der Waals surface area contributed by atoms with Gasteiger partial charge in [0.25, 0.3) is 0 Å². The topological polar surface area (TPSA) is 92.4 Å². The van der Waals surface area contributed by atoms with E-state index in [4.69, 9.17) is 10.8 Å². The molecule has 0 aromatic heterocycles. The molecule has 4 N–H and O–H groups in total. The first-order chi connectivity index (χ1) is 8.50. The molecule has 0 aliphatic heterocycles. The minimum atomic E-state index is -1.05. The highest BCUT2D eigenvalue weighted by Crippen LogP contribution is 2.13. The van der Waals surface area contributed by atoms with Crippen molar-refractivity contribution in [1.82, 2.24) is 0 Å². The van der Waals surface area contributed by atoms with Gasteiger partial charge in [0, 0.05) is 11.4 Å². The van der Waals surface area contributed by atoms with Crippen LogP contribution in [-0.4, -0.2) is 34.5 Å². The Kier molecular flexibility index (Phi) is 5.67. The van der Waals surface area contributed by atoms with E-state index in [1.807, 2.05) is 31.2 Å². The Labute approximate surface area is 110 Å². The largest absolute Gasteiger partial charge is 0.480 e. The zero-order valence-corrected chi connectivity index (χ0v) is 10.9. The second-order valence-electron chi connectivity index (χ2n) is 3.82. The molecule has 0 saturated heterocycles. The number of aliphatic carboxylic acids is 1. The van der Waals surface area contributed by atoms with Gasteiger partial charge in [0.15, 0.2) is 0 Å². The van der Waals surface area contributed by atoms with Crippen LogP contribution in [0.25, 0.3) is 0 Å². The first-order valence-corrected chi connectivity index (χ1v) is 6.58. The van der Waals surface area contributed by atoms with Crippen molar-refractivity contribution in [3.8, 4) is 0 Å². The predicted octanol–water partition coefficient (Wildman–Crippen LogP) is 1.08. The third-order valence-electron chi connectivity index (χ3n) is 2.27. The van der Waals surface area contributed by atoms with Crippen molar-refractivity contribution in [3.63, 3.8) is 0 Å². The molecule has 0 aliphatic rings. The van der Waals surface area contributed by atoms with Gasteiger partial charge in [-0.25, -0.2) is 0 Å². The molecule has 0 fully saturated rings. The number of aryl methyl sites for hydroxylation is 1. The third-order valence-corrected chi connectivity index (χ3v) is 3.33. The highest BCUT2D eigenvalue weighted by Gasteiger charge is 2.12. The lowest BCUT2D eigenvalue weighted by Crippen LogP contribution is -2.33. The number of rotatable bonds is 6. The van der Waals surface area contributed by atoms with Crippen molar-refractivity contribution in [3.05, 3.63) is 29.8 Å². The molecular weight excluding hydrogens is 252 g/mol. The highest BCUT2D eigenvalue weighted by molar-refractivity contribution is 8.00. The molecule has 1 rings (SSSR count). The number of anilines is 1. The Bertz CT molecular complexity index is 437. The molecule has 0 spiro atoms. The molecule has 1 amide bonds. The van der Waals surface area contributed by atoms with Gasteiger partial charge in [0.2, 0.25) is 5.91 Å². The van der Waals surface area contributed by atoms with Crippen LogP contribution in [0, 0.1) is 6.92 Å². The molecule has 0 saturated carbocycles. The maximum absolute atomic E-state index is 11.6. The van der Waals surface area contributed by atoms with Crippen molar-refractivity contribution in [2.75, 3.05) is 16.8 Å². The molecule has 0 radical (unpaired) electrons. The maximum Gasteiger partial charge on any atom is 0.321 e. The number of para-hydroxylation sites is 1. The molecule has 1 atom stereocenters. The van der Waals surface area contributed by atoms with E-state index in [9.17, 15) is 9.59 Å². The number of hydrogen-bond acceptors (Lipinski definition) is 4. The van der Waals surface area contributed by atoms with Gasteiger partial charge in [-0.3, -0.25) is 9.59 Å². The smallest absolute Gasteiger partial charge is 0.321 e. The molecule has 0 bridgehead atoms. The quantitative estimate of drug-likeness (QED) is 0.718. The average molecular weight is 268 g/mol. The first-order valence-electron chi connectivity index (χ1n) is 5.42. The normalized spacial score (nSPS) is 11.9. The van der Waals surface area contributed by atoms with E-state index < -0.39 is 12.0 Å². The van der Waals surface area contributed by atoms with E-state index in [-0.39, 0.29) is 17.4 Å². The summed E-state index contributed by atoms with van der Waals surface area (Å²) >= 11 is 1.21. The number of nitrogens with two attached hydrogens (primary N) is 1. The minimum absolute atomic E-state index is 0.160. The van der Waals surface area contributed by atoms with Crippen molar-refractivity contribution in [2.45, 2.75) is 13.0 Å².